The first kappa shape index (κ1) is 9.98. The fraction of sp³-hybridized carbons (Fsp3) is 0.750. The molecule has 1 aliphatic heterocycles. The summed E-state index contributed by atoms with van der Waals surface area (Å²) < 4.78 is 4.83. The van der Waals surface area contributed by atoms with Crippen LogP contribution in [0.2, 0.25) is 0 Å². The lowest BCUT2D eigenvalue weighted by molar-refractivity contribution is -0.147. The Labute approximate surface area is 76.8 Å². The van der Waals surface area contributed by atoms with E-state index in [4.69, 9.17) is 4.74 Å². The summed E-state index contributed by atoms with van der Waals surface area (Å²) in [6.07, 6.45) is 0. The summed E-state index contributed by atoms with van der Waals surface area (Å²) in [4.78, 5) is 22.2. The van der Waals surface area contributed by atoms with Crippen molar-refractivity contribution in [2.75, 3.05) is 13.2 Å². The van der Waals surface area contributed by atoms with Gasteiger partial charge in [0, 0.05) is 0 Å². The van der Waals surface area contributed by atoms with E-state index in [0.29, 0.717) is 6.61 Å². The minimum absolute atomic E-state index is 0.0898. The molecular weight excluding hydrogens is 172 g/mol. The predicted octanol–water partition coefficient (Wildman–Crippen LogP) is -0.974. The fourth-order valence-electron chi connectivity index (χ4n) is 1.29. The van der Waals surface area contributed by atoms with E-state index in [0.717, 1.165) is 0 Å². The summed E-state index contributed by atoms with van der Waals surface area (Å²) in [5, 5.41) is 5.48. The minimum Gasteiger partial charge on any atom is -0.465 e. The Kier molecular flexibility index (Phi) is 3.25. The zero-order valence-corrected chi connectivity index (χ0v) is 7.79. The molecule has 0 saturated carbocycles. The van der Waals surface area contributed by atoms with Gasteiger partial charge in [-0.25, -0.2) is 0 Å². The van der Waals surface area contributed by atoms with Crippen LogP contribution in [0.1, 0.15) is 13.8 Å². The summed E-state index contributed by atoms with van der Waals surface area (Å²) in [5.74, 6) is -0.400. The van der Waals surface area contributed by atoms with Gasteiger partial charge in [0.25, 0.3) is 0 Å². The lowest BCUT2D eigenvalue weighted by Gasteiger charge is -2.28. The van der Waals surface area contributed by atoms with Crippen molar-refractivity contribution in [2.24, 2.45) is 0 Å². The van der Waals surface area contributed by atoms with Crippen LogP contribution in [0.4, 0.5) is 0 Å². The highest BCUT2D eigenvalue weighted by atomic mass is 16.5. The van der Waals surface area contributed by atoms with Gasteiger partial charge in [0.05, 0.1) is 19.2 Å². The maximum atomic E-state index is 11.3. The molecule has 13 heavy (non-hydrogen) atoms. The standard InChI is InChI=1S/C8H14N2O3/c1-3-13-8(12)7-5(2)10-6(11)4-9-7/h5,7,9H,3-4H2,1-2H3,(H,10,11). The van der Waals surface area contributed by atoms with Gasteiger partial charge in [-0.05, 0) is 13.8 Å². The second kappa shape index (κ2) is 4.23. The van der Waals surface area contributed by atoms with Crippen molar-refractivity contribution in [3.63, 3.8) is 0 Å². The molecule has 2 unspecified atom stereocenters. The number of carbonyl (C=O) groups is 2. The van der Waals surface area contributed by atoms with E-state index in [1.54, 1.807) is 13.8 Å². The van der Waals surface area contributed by atoms with E-state index in [1.807, 2.05) is 0 Å². The molecule has 0 spiro atoms. The number of amides is 1. The molecule has 0 aliphatic carbocycles. The van der Waals surface area contributed by atoms with Crippen LogP contribution in [0.3, 0.4) is 0 Å². The molecule has 74 valence electrons. The van der Waals surface area contributed by atoms with E-state index in [9.17, 15) is 9.59 Å². The lowest BCUT2D eigenvalue weighted by Crippen LogP contribution is -2.60. The Hall–Kier alpha value is -1.10. The van der Waals surface area contributed by atoms with Crippen molar-refractivity contribution in [2.45, 2.75) is 25.9 Å². The maximum Gasteiger partial charge on any atom is 0.325 e. The van der Waals surface area contributed by atoms with Crippen molar-refractivity contribution < 1.29 is 14.3 Å². The predicted molar refractivity (Wildman–Crippen MR) is 46.0 cm³/mol. The van der Waals surface area contributed by atoms with Crippen LogP contribution in [0.25, 0.3) is 0 Å². The van der Waals surface area contributed by atoms with E-state index >= 15 is 0 Å². The van der Waals surface area contributed by atoms with Gasteiger partial charge < -0.3 is 10.1 Å². The molecule has 0 bridgehead atoms. The third-order valence-corrected chi connectivity index (χ3v) is 1.91. The highest BCUT2D eigenvalue weighted by Crippen LogP contribution is 2.00. The minimum atomic E-state index is -0.419. The van der Waals surface area contributed by atoms with Crippen LogP contribution in [-0.2, 0) is 14.3 Å². The number of nitrogens with one attached hydrogen (secondary N) is 2. The van der Waals surface area contributed by atoms with Crippen molar-refractivity contribution in [3.05, 3.63) is 0 Å². The molecule has 0 radical (unpaired) electrons. The highest BCUT2D eigenvalue weighted by Gasteiger charge is 2.31. The van der Waals surface area contributed by atoms with Crippen molar-refractivity contribution >= 4 is 11.9 Å². The maximum absolute atomic E-state index is 11.3. The normalized spacial score (nSPS) is 28.0. The average molecular weight is 186 g/mol. The van der Waals surface area contributed by atoms with Gasteiger partial charge in [0.15, 0.2) is 0 Å². The summed E-state index contributed by atoms with van der Waals surface area (Å²) in [5.41, 5.74) is 0. The Morgan fingerprint density at radius 2 is 2.38 bits per heavy atom. The van der Waals surface area contributed by atoms with Crippen LogP contribution in [-0.4, -0.2) is 37.1 Å². The third kappa shape index (κ3) is 2.42. The summed E-state index contributed by atoms with van der Waals surface area (Å²) in [6.45, 7) is 4.06. The lowest BCUT2D eigenvalue weighted by atomic mass is 10.1. The zero-order chi connectivity index (χ0) is 9.84. The van der Waals surface area contributed by atoms with E-state index in [1.165, 1.54) is 0 Å². The van der Waals surface area contributed by atoms with E-state index < -0.39 is 6.04 Å². The molecule has 2 atom stereocenters. The number of ether oxygens (including phenoxy) is 1. The zero-order valence-electron chi connectivity index (χ0n) is 7.79. The number of hydrogen-bond acceptors (Lipinski definition) is 4. The smallest absolute Gasteiger partial charge is 0.325 e. The van der Waals surface area contributed by atoms with Gasteiger partial charge in [-0.15, -0.1) is 0 Å². The molecule has 1 saturated heterocycles. The molecule has 1 amide bonds. The van der Waals surface area contributed by atoms with Gasteiger partial charge in [-0.3, -0.25) is 14.9 Å². The molecule has 5 heteroatoms. The summed E-state index contributed by atoms with van der Waals surface area (Å²) in [6, 6.07) is -0.627. The van der Waals surface area contributed by atoms with E-state index in [2.05, 4.69) is 10.6 Å². The molecular formula is C8H14N2O3. The highest BCUT2D eigenvalue weighted by molar-refractivity contribution is 5.84. The van der Waals surface area contributed by atoms with Crippen LogP contribution >= 0.6 is 0 Å². The van der Waals surface area contributed by atoms with Gasteiger partial charge in [0.1, 0.15) is 6.04 Å². The van der Waals surface area contributed by atoms with E-state index in [-0.39, 0.29) is 24.5 Å². The Bertz CT molecular complexity index is 217. The first-order valence-corrected chi connectivity index (χ1v) is 4.34. The second-order valence-corrected chi connectivity index (χ2v) is 2.97. The second-order valence-electron chi connectivity index (χ2n) is 2.97. The van der Waals surface area contributed by atoms with Crippen LogP contribution < -0.4 is 10.6 Å². The molecule has 0 aromatic carbocycles. The topological polar surface area (TPSA) is 67.4 Å². The SMILES string of the molecule is CCOC(=O)C1NCC(=O)NC1C. The first-order valence-electron chi connectivity index (χ1n) is 4.34. The Morgan fingerprint density at radius 3 is 2.92 bits per heavy atom. The monoisotopic (exact) mass is 186 g/mol. The molecule has 1 rings (SSSR count). The fourth-order valence-corrected chi connectivity index (χ4v) is 1.29. The van der Waals surface area contributed by atoms with Crippen LogP contribution in [0.15, 0.2) is 0 Å². The molecule has 5 nitrogen and oxygen atoms in total. The largest absolute Gasteiger partial charge is 0.465 e. The van der Waals surface area contributed by atoms with Gasteiger partial charge in [-0.2, -0.15) is 0 Å². The molecule has 1 fully saturated rings. The first-order chi connectivity index (χ1) is 6.15. The number of rotatable bonds is 2. The van der Waals surface area contributed by atoms with Gasteiger partial charge in [-0.1, -0.05) is 0 Å². The number of piperazine rings is 1. The van der Waals surface area contributed by atoms with Gasteiger partial charge in [0.2, 0.25) is 5.91 Å². The van der Waals surface area contributed by atoms with Crippen molar-refractivity contribution in [3.8, 4) is 0 Å². The van der Waals surface area contributed by atoms with Crippen molar-refractivity contribution in [1.82, 2.24) is 10.6 Å². The Balaban J connectivity index is 2.50. The van der Waals surface area contributed by atoms with Crippen LogP contribution in [0.5, 0.6) is 0 Å². The van der Waals surface area contributed by atoms with Gasteiger partial charge >= 0.3 is 5.97 Å². The third-order valence-electron chi connectivity index (χ3n) is 1.91. The Morgan fingerprint density at radius 1 is 1.69 bits per heavy atom. The quantitative estimate of drug-likeness (QED) is 0.544. The molecule has 1 aliphatic rings. The number of esters is 1. The molecule has 2 N–H and O–H groups in total. The molecule has 0 aromatic rings. The summed E-state index contributed by atoms with van der Waals surface area (Å²) in [7, 11) is 0. The average Bonchev–Trinajstić information content (AvgIpc) is 2.04. The molecule has 0 aromatic heterocycles. The number of carbonyl (C=O) groups excluding carboxylic acids is 2. The van der Waals surface area contributed by atoms with Crippen LogP contribution in [0, 0.1) is 0 Å². The van der Waals surface area contributed by atoms with Crippen molar-refractivity contribution in [1.29, 1.82) is 0 Å². The number of hydrogen-bond donors (Lipinski definition) is 2. The summed E-state index contributed by atoms with van der Waals surface area (Å²) >= 11 is 0. The molecule has 1 heterocycles.